The monoisotopic (exact) mass is 407 g/mol. The first-order chi connectivity index (χ1) is 13.6. The Morgan fingerprint density at radius 1 is 1.10 bits per heavy atom. The van der Waals surface area contributed by atoms with E-state index in [9.17, 15) is 15.0 Å². The Morgan fingerprint density at radius 2 is 1.83 bits per heavy atom. The number of carboxylic acids is 1. The molecule has 29 heavy (non-hydrogen) atoms. The maximum absolute atomic E-state index is 11.5. The zero-order chi connectivity index (χ0) is 21.1. The molecule has 5 N–H and O–H groups in total. The lowest BCUT2D eigenvalue weighted by Crippen LogP contribution is -2.62. The number of aliphatic hydroxyl groups is 2. The molecule has 0 heterocycles. The van der Waals surface area contributed by atoms with Gasteiger partial charge >= 0.3 is 5.97 Å². The minimum Gasteiger partial charge on any atom is -0.481 e. The predicted molar refractivity (Wildman–Crippen MR) is 112 cm³/mol. The Labute approximate surface area is 175 Å². The normalized spacial score (nSPS) is 52.9. The third-order valence-corrected chi connectivity index (χ3v) is 10.4. The SMILES string of the molecule is C[C@H](CCC(=O)O)[C@H]1CC[C@H]2[C@@H]3[C@H](O)C[C@@H]4CC(N)CC[C@]4(C)[C@H]3C[C@H](O)[C@]12C. The van der Waals surface area contributed by atoms with Crippen molar-refractivity contribution in [2.45, 2.75) is 96.8 Å². The summed E-state index contributed by atoms with van der Waals surface area (Å²) in [6, 6.07) is 0.251. The van der Waals surface area contributed by atoms with Gasteiger partial charge in [0.25, 0.3) is 0 Å². The van der Waals surface area contributed by atoms with E-state index in [-0.39, 0.29) is 47.3 Å². The number of rotatable bonds is 4. The van der Waals surface area contributed by atoms with Crippen molar-refractivity contribution >= 4 is 5.97 Å². The number of hydrogen-bond acceptors (Lipinski definition) is 4. The molecule has 0 aromatic heterocycles. The molecule has 0 bridgehead atoms. The highest BCUT2D eigenvalue weighted by atomic mass is 16.4. The second-order valence-corrected chi connectivity index (χ2v) is 11.5. The number of carbonyl (C=O) groups is 1. The molecule has 0 saturated heterocycles. The Bertz CT molecular complexity index is 640. The summed E-state index contributed by atoms with van der Waals surface area (Å²) in [6.07, 6.45) is 7.09. The van der Waals surface area contributed by atoms with Crippen LogP contribution in [0.2, 0.25) is 0 Å². The van der Waals surface area contributed by atoms with Crippen molar-refractivity contribution < 1.29 is 20.1 Å². The molecule has 4 aliphatic rings. The van der Waals surface area contributed by atoms with Crippen molar-refractivity contribution in [2.24, 2.45) is 52.1 Å². The van der Waals surface area contributed by atoms with Crippen LogP contribution in [0.15, 0.2) is 0 Å². The Hall–Kier alpha value is -0.650. The minimum absolute atomic E-state index is 0.176. The molecular formula is C24H41NO4. The van der Waals surface area contributed by atoms with Crippen molar-refractivity contribution in [3.63, 3.8) is 0 Å². The number of nitrogens with two attached hydrogens (primary N) is 1. The van der Waals surface area contributed by atoms with E-state index in [1.165, 1.54) is 0 Å². The molecule has 0 aliphatic heterocycles. The number of aliphatic carboxylic acids is 1. The van der Waals surface area contributed by atoms with Crippen molar-refractivity contribution in [3.8, 4) is 0 Å². The van der Waals surface area contributed by atoms with Crippen LogP contribution in [0.5, 0.6) is 0 Å². The van der Waals surface area contributed by atoms with Crippen LogP contribution in [-0.2, 0) is 4.79 Å². The first kappa shape index (κ1) is 21.6. The molecule has 1 unspecified atom stereocenters. The van der Waals surface area contributed by atoms with Crippen LogP contribution in [-0.4, -0.2) is 39.5 Å². The van der Waals surface area contributed by atoms with Crippen LogP contribution in [0.25, 0.3) is 0 Å². The maximum Gasteiger partial charge on any atom is 0.303 e. The largest absolute Gasteiger partial charge is 0.481 e. The summed E-state index contributed by atoms with van der Waals surface area (Å²) < 4.78 is 0. The van der Waals surface area contributed by atoms with Crippen molar-refractivity contribution in [1.82, 2.24) is 0 Å². The Balaban J connectivity index is 1.61. The van der Waals surface area contributed by atoms with E-state index >= 15 is 0 Å². The maximum atomic E-state index is 11.5. The highest BCUT2D eigenvalue weighted by Crippen LogP contribution is 2.68. The van der Waals surface area contributed by atoms with E-state index in [4.69, 9.17) is 10.8 Å². The van der Waals surface area contributed by atoms with Gasteiger partial charge < -0.3 is 21.1 Å². The quantitative estimate of drug-likeness (QED) is 0.572. The van der Waals surface area contributed by atoms with E-state index in [2.05, 4.69) is 20.8 Å². The van der Waals surface area contributed by atoms with Crippen molar-refractivity contribution in [3.05, 3.63) is 0 Å². The lowest BCUT2D eigenvalue weighted by molar-refractivity contribution is -0.202. The van der Waals surface area contributed by atoms with Crippen LogP contribution in [0, 0.1) is 46.3 Å². The fourth-order valence-electron chi connectivity index (χ4n) is 8.74. The van der Waals surface area contributed by atoms with Crippen molar-refractivity contribution in [1.29, 1.82) is 0 Å². The van der Waals surface area contributed by atoms with Gasteiger partial charge in [0.15, 0.2) is 0 Å². The number of carboxylic acid groups (broad SMARTS) is 1. The standard InChI is InChI=1S/C24H41NO4/c1-13(4-7-21(28)29)16-5-6-17-22-18(12-20(27)24(16,17)3)23(2)9-8-15(25)10-14(23)11-19(22)26/h13-20,22,26-27H,4-12,25H2,1-3H3,(H,28,29)/t13-,14+,15?,16-,17+,18+,19-,20+,22+,23+,24-/m1/s1. The van der Waals surface area contributed by atoms with Gasteiger partial charge in [0.1, 0.15) is 0 Å². The van der Waals surface area contributed by atoms with E-state index in [1.807, 2.05) is 0 Å². The number of fused-ring (bicyclic) bond motifs is 5. The van der Waals surface area contributed by atoms with Gasteiger partial charge in [-0.15, -0.1) is 0 Å². The van der Waals surface area contributed by atoms with Gasteiger partial charge in [0.05, 0.1) is 12.2 Å². The van der Waals surface area contributed by atoms with E-state index < -0.39 is 5.97 Å². The lowest BCUT2D eigenvalue weighted by atomic mass is 9.43. The fourth-order valence-corrected chi connectivity index (χ4v) is 8.74. The molecule has 5 heteroatoms. The first-order valence-corrected chi connectivity index (χ1v) is 11.9. The van der Waals surface area contributed by atoms with E-state index in [0.717, 1.165) is 44.9 Å². The second-order valence-electron chi connectivity index (χ2n) is 11.5. The second kappa shape index (κ2) is 7.49. The third-order valence-electron chi connectivity index (χ3n) is 10.4. The van der Waals surface area contributed by atoms with E-state index in [0.29, 0.717) is 30.1 Å². The summed E-state index contributed by atoms with van der Waals surface area (Å²) in [5.41, 5.74) is 6.24. The molecule has 4 saturated carbocycles. The van der Waals surface area contributed by atoms with Crippen LogP contribution >= 0.6 is 0 Å². The van der Waals surface area contributed by atoms with Gasteiger partial charge in [0, 0.05) is 12.5 Å². The summed E-state index contributed by atoms with van der Waals surface area (Å²) in [5.74, 6) is 1.30. The Kier molecular flexibility index (Phi) is 5.57. The molecule has 4 rings (SSSR count). The van der Waals surface area contributed by atoms with Gasteiger partial charge in [-0.1, -0.05) is 20.8 Å². The topological polar surface area (TPSA) is 104 Å². The van der Waals surface area contributed by atoms with E-state index in [1.54, 1.807) is 0 Å². The summed E-state index contributed by atoms with van der Waals surface area (Å²) in [6.45, 7) is 6.81. The first-order valence-electron chi connectivity index (χ1n) is 11.9. The molecule has 166 valence electrons. The molecule has 0 aromatic rings. The zero-order valence-electron chi connectivity index (χ0n) is 18.4. The average Bonchev–Trinajstić information content (AvgIpc) is 3.01. The van der Waals surface area contributed by atoms with Gasteiger partial charge in [-0.25, -0.2) is 0 Å². The summed E-state index contributed by atoms with van der Waals surface area (Å²) in [7, 11) is 0. The molecular weight excluding hydrogens is 366 g/mol. The smallest absolute Gasteiger partial charge is 0.303 e. The summed E-state index contributed by atoms with van der Waals surface area (Å²) in [4.78, 5) is 11.1. The molecule has 5 nitrogen and oxygen atoms in total. The summed E-state index contributed by atoms with van der Waals surface area (Å²) >= 11 is 0. The lowest BCUT2D eigenvalue weighted by Gasteiger charge is -2.63. The van der Waals surface area contributed by atoms with Gasteiger partial charge in [-0.05, 0) is 97.7 Å². The van der Waals surface area contributed by atoms with Gasteiger partial charge in [0.2, 0.25) is 0 Å². The highest BCUT2D eigenvalue weighted by molar-refractivity contribution is 5.66. The van der Waals surface area contributed by atoms with Crippen LogP contribution < -0.4 is 5.73 Å². The molecule has 4 fully saturated rings. The number of hydrogen-bond donors (Lipinski definition) is 4. The van der Waals surface area contributed by atoms with Crippen LogP contribution in [0.4, 0.5) is 0 Å². The minimum atomic E-state index is -0.738. The molecule has 0 aromatic carbocycles. The fraction of sp³-hybridized carbons (Fsp3) is 0.958. The summed E-state index contributed by atoms with van der Waals surface area (Å²) in [5, 5.41) is 31.9. The highest BCUT2D eigenvalue weighted by Gasteiger charge is 2.65. The predicted octanol–water partition coefficient (Wildman–Crippen LogP) is 3.42. The van der Waals surface area contributed by atoms with Crippen LogP contribution in [0.1, 0.15) is 78.6 Å². The van der Waals surface area contributed by atoms with Gasteiger partial charge in [-0.2, -0.15) is 0 Å². The third kappa shape index (κ3) is 3.27. The number of aliphatic hydroxyl groups excluding tert-OH is 2. The molecule has 0 spiro atoms. The van der Waals surface area contributed by atoms with Crippen LogP contribution in [0.3, 0.4) is 0 Å². The van der Waals surface area contributed by atoms with Gasteiger partial charge in [-0.3, -0.25) is 4.79 Å². The Morgan fingerprint density at radius 3 is 2.52 bits per heavy atom. The molecule has 4 aliphatic carbocycles. The molecule has 0 amide bonds. The molecule has 0 radical (unpaired) electrons. The average molecular weight is 408 g/mol. The van der Waals surface area contributed by atoms with Crippen molar-refractivity contribution in [2.75, 3.05) is 0 Å². The zero-order valence-corrected chi connectivity index (χ0v) is 18.4. The molecule has 11 atom stereocenters.